The molecule has 0 saturated heterocycles. The van der Waals surface area contributed by atoms with E-state index in [1.54, 1.807) is 0 Å². The summed E-state index contributed by atoms with van der Waals surface area (Å²) in [6, 6.07) is 49.0. The topological polar surface area (TPSA) is 38.9 Å². The predicted molar refractivity (Wildman–Crippen MR) is 178 cm³/mol. The van der Waals surface area contributed by atoms with E-state index < -0.39 is 0 Å². The Morgan fingerprint density at radius 2 is 1.21 bits per heavy atom. The predicted octanol–water partition coefficient (Wildman–Crippen LogP) is 10.8. The number of hydrogen-bond donors (Lipinski definition) is 0. The van der Waals surface area contributed by atoms with Crippen molar-refractivity contribution in [3.8, 4) is 33.5 Å². The highest BCUT2D eigenvalue weighted by molar-refractivity contribution is 6.19. The van der Waals surface area contributed by atoms with Crippen LogP contribution in [0.3, 0.4) is 0 Å². The van der Waals surface area contributed by atoms with Crippen LogP contribution in [-0.4, -0.2) is 9.97 Å². The van der Waals surface area contributed by atoms with Crippen LogP contribution < -0.4 is 0 Å². The highest BCUT2D eigenvalue weighted by Crippen LogP contribution is 2.41. The summed E-state index contributed by atoms with van der Waals surface area (Å²) in [5.41, 5.74) is 10.4. The maximum atomic E-state index is 6.50. The fraction of sp³-hybridized carbons (Fsp3) is 0. The Balaban J connectivity index is 1.25. The van der Waals surface area contributed by atoms with E-state index in [1.807, 2.05) is 18.3 Å². The summed E-state index contributed by atoms with van der Waals surface area (Å²) in [7, 11) is 0. The summed E-state index contributed by atoms with van der Waals surface area (Å²) in [6.07, 6.45) is 1.83. The highest BCUT2D eigenvalue weighted by Gasteiger charge is 2.16. The zero-order valence-electron chi connectivity index (χ0n) is 23.2. The molecule has 0 radical (unpaired) electrons. The third kappa shape index (κ3) is 3.83. The van der Waals surface area contributed by atoms with Gasteiger partial charge in [0.1, 0.15) is 11.2 Å². The molecular formula is C40H24N2O. The SMILES string of the molecule is c1ccc(-c2ccc3oc4c5ccccc5c(-c5cccc(-c6ccc7ccc8cccnc8c7n6)c5)cc4c3c2)cc1. The molecule has 0 N–H and O–H groups in total. The van der Waals surface area contributed by atoms with Gasteiger partial charge in [0.2, 0.25) is 0 Å². The number of aromatic nitrogens is 2. The molecular weight excluding hydrogens is 524 g/mol. The second kappa shape index (κ2) is 9.37. The molecule has 3 heterocycles. The highest BCUT2D eigenvalue weighted by atomic mass is 16.3. The van der Waals surface area contributed by atoms with Crippen molar-refractivity contribution < 1.29 is 4.42 Å². The van der Waals surface area contributed by atoms with Crippen molar-refractivity contribution in [1.29, 1.82) is 0 Å². The molecule has 6 aromatic carbocycles. The van der Waals surface area contributed by atoms with Gasteiger partial charge in [-0.1, -0.05) is 103 Å². The van der Waals surface area contributed by atoms with Crippen LogP contribution in [-0.2, 0) is 0 Å². The zero-order valence-corrected chi connectivity index (χ0v) is 23.2. The van der Waals surface area contributed by atoms with Crippen molar-refractivity contribution in [1.82, 2.24) is 9.97 Å². The van der Waals surface area contributed by atoms with Crippen LogP contribution in [0.4, 0.5) is 0 Å². The molecule has 200 valence electrons. The average Bonchev–Trinajstić information content (AvgIpc) is 3.46. The van der Waals surface area contributed by atoms with Crippen LogP contribution in [0.25, 0.3) is 88.0 Å². The first-order chi connectivity index (χ1) is 21.3. The van der Waals surface area contributed by atoms with Crippen molar-refractivity contribution >= 4 is 54.5 Å². The third-order valence-corrected chi connectivity index (χ3v) is 8.49. The molecule has 0 saturated carbocycles. The number of furan rings is 1. The molecule has 9 rings (SSSR count). The summed E-state index contributed by atoms with van der Waals surface area (Å²) in [5.74, 6) is 0. The summed E-state index contributed by atoms with van der Waals surface area (Å²) >= 11 is 0. The largest absolute Gasteiger partial charge is 0.455 e. The number of fused-ring (bicyclic) bond motifs is 8. The van der Waals surface area contributed by atoms with Gasteiger partial charge in [-0.3, -0.25) is 4.98 Å². The van der Waals surface area contributed by atoms with Crippen molar-refractivity contribution in [3.63, 3.8) is 0 Å². The van der Waals surface area contributed by atoms with Crippen LogP contribution >= 0.6 is 0 Å². The summed E-state index contributed by atoms with van der Waals surface area (Å²) in [6.45, 7) is 0. The second-order valence-electron chi connectivity index (χ2n) is 11.0. The fourth-order valence-electron chi connectivity index (χ4n) is 6.38. The van der Waals surface area contributed by atoms with Crippen LogP contribution in [0.5, 0.6) is 0 Å². The zero-order chi connectivity index (χ0) is 28.3. The smallest absolute Gasteiger partial charge is 0.143 e. The normalized spacial score (nSPS) is 11.7. The van der Waals surface area contributed by atoms with Gasteiger partial charge in [-0.05, 0) is 64.0 Å². The van der Waals surface area contributed by atoms with E-state index >= 15 is 0 Å². The first-order valence-electron chi connectivity index (χ1n) is 14.5. The number of rotatable bonds is 3. The van der Waals surface area contributed by atoms with Gasteiger partial charge < -0.3 is 4.42 Å². The lowest BCUT2D eigenvalue weighted by atomic mass is 9.93. The Morgan fingerprint density at radius 1 is 0.442 bits per heavy atom. The van der Waals surface area contributed by atoms with E-state index in [1.165, 1.54) is 16.7 Å². The molecule has 0 amide bonds. The Morgan fingerprint density at radius 3 is 2.12 bits per heavy atom. The summed E-state index contributed by atoms with van der Waals surface area (Å²) < 4.78 is 6.50. The molecule has 0 atom stereocenters. The van der Waals surface area contributed by atoms with Crippen molar-refractivity contribution in [3.05, 3.63) is 146 Å². The monoisotopic (exact) mass is 548 g/mol. The minimum atomic E-state index is 0.895. The van der Waals surface area contributed by atoms with Crippen molar-refractivity contribution in [2.45, 2.75) is 0 Å². The van der Waals surface area contributed by atoms with Gasteiger partial charge in [0.15, 0.2) is 0 Å². The first-order valence-corrected chi connectivity index (χ1v) is 14.5. The van der Waals surface area contributed by atoms with Gasteiger partial charge in [-0.15, -0.1) is 0 Å². The summed E-state index contributed by atoms with van der Waals surface area (Å²) in [4.78, 5) is 9.76. The van der Waals surface area contributed by atoms with Gasteiger partial charge in [0, 0.05) is 38.7 Å². The Kier molecular flexibility index (Phi) is 5.20. The molecule has 0 aliphatic rings. The lowest BCUT2D eigenvalue weighted by Gasteiger charge is -2.11. The molecule has 0 spiro atoms. The molecule has 9 aromatic rings. The van der Waals surface area contributed by atoms with E-state index in [4.69, 9.17) is 9.40 Å². The molecule has 3 aromatic heterocycles. The molecule has 3 nitrogen and oxygen atoms in total. The second-order valence-corrected chi connectivity index (χ2v) is 11.0. The van der Waals surface area contributed by atoms with Crippen LogP contribution in [0.15, 0.2) is 150 Å². The van der Waals surface area contributed by atoms with Gasteiger partial charge in [0.05, 0.1) is 16.7 Å². The van der Waals surface area contributed by atoms with Crippen LogP contribution in [0, 0.1) is 0 Å². The van der Waals surface area contributed by atoms with Gasteiger partial charge >= 0.3 is 0 Å². The minimum absolute atomic E-state index is 0.895. The first kappa shape index (κ1) is 23.9. The van der Waals surface area contributed by atoms with E-state index in [2.05, 4.69) is 132 Å². The summed E-state index contributed by atoms with van der Waals surface area (Å²) in [5, 5.41) is 6.69. The lowest BCUT2D eigenvalue weighted by molar-refractivity contribution is 0.673. The minimum Gasteiger partial charge on any atom is -0.455 e. The quantitative estimate of drug-likeness (QED) is 0.206. The molecule has 0 unspecified atom stereocenters. The van der Waals surface area contributed by atoms with Gasteiger partial charge in [0.25, 0.3) is 0 Å². The number of nitrogens with zero attached hydrogens (tertiary/aromatic N) is 2. The van der Waals surface area contributed by atoms with E-state index in [-0.39, 0.29) is 0 Å². The fourth-order valence-corrected chi connectivity index (χ4v) is 6.38. The van der Waals surface area contributed by atoms with Gasteiger partial charge in [-0.25, -0.2) is 4.98 Å². The van der Waals surface area contributed by atoms with Crippen molar-refractivity contribution in [2.24, 2.45) is 0 Å². The van der Waals surface area contributed by atoms with Crippen molar-refractivity contribution in [2.75, 3.05) is 0 Å². The Labute approximate surface area is 247 Å². The van der Waals surface area contributed by atoms with Crippen LogP contribution in [0.1, 0.15) is 0 Å². The third-order valence-electron chi connectivity index (χ3n) is 8.49. The molecule has 3 heteroatoms. The molecule has 43 heavy (non-hydrogen) atoms. The Hall–Kier alpha value is -5.80. The van der Waals surface area contributed by atoms with Crippen LogP contribution in [0.2, 0.25) is 0 Å². The van der Waals surface area contributed by atoms with E-state index in [0.717, 1.165) is 71.3 Å². The number of hydrogen-bond acceptors (Lipinski definition) is 3. The van der Waals surface area contributed by atoms with E-state index in [9.17, 15) is 0 Å². The van der Waals surface area contributed by atoms with Gasteiger partial charge in [-0.2, -0.15) is 0 Å². The standard InChI is InChI=1S/C40H24N2O/c1-2-8-25(9-3-1)28-18-20-37-34(23-28)35-24-33(31-13-4-5-14-32(31)40(35)43-37)29-10-6-11-30(22-29)36-19-17-27-16-15-26-12-7-21-41-38(26)39(27)42-36/h1-24H. The molecule has 0 aliphatic heterocycles. The maximum Gasteiger partial charge on any atom is 0.143 e. The molecule has 0 aliphatic carbocycles. The maximum absolute atomic E-state index is 6.50. The number of pyridine rings is 2. The molecule has 0 bridgehead atoms. The number of benzene rings is 6. The van der Waals surface area contributed by atoms with E-state index in [0.29, 0.717) is 0 Å². The molecule has 0 fully saturated rings. The average molecular weight is 549 g/mol. The lowest BCUT2D eigenvalue weighted by Crippen LogP contribution is -1.89. The Bertz CT molecular complexity index is 2510.